The number of esters is 1. The number of carbonyl (C=O) groups excluding carboxylic acids is 2. The summed E-state index contributed by atoms with van der Waals surface area (Å²) in [5.74, 6) is -0.937. The van der Waals surface area contributed by atoms with E-state index in [1.165, 1.54) is 17.8 Å². The molecule has 0 aliphatic carbocycles. The topological polar surface area (TPSA) is 55.4 Å². The molecule has 1 aromatic carbocycles. The number of benzene rings is 1. The molecule has 1 amide bonds. The third-order valence-corrected chi connectivity index (χ3v) is 5.06. The minimum absolute atomic E-state index is 0.0705. The van der Waals surface area contributed by atoms with Crippen LogP contribution < -0.4 is 5.32 Å². The molecule has 0 saturated carbocycles. The Hall–Kier alpha value is -1.27. The van der Waals surface area contributed by atoms with Crippen molar-refractivity contribution in [3.05, 3.63) is 23.0 Å². The molecule has 7 heteroatoms. The number of ether oxygens (including phenoxy) is 1. The minimum atomic E-state index is -0.599. The number of halogens is 2. The van der Waals surface area contributed by atoms with Gasteiger partial charge in [-0.3, -0.25) is 9.59 Å². The maximum absolute atomic E-state index is 14.1. The molecule has 0 aliphatic rings. The Bertz CT molecular complexity index is 625. The van der Waals surface area contributed by atoms with E-state index in [4.69, 9.17) is 16.3 Å². The van der Waals surface area contributed by atoms with Crippen LogP contribution in [0.3, 0.4) is 0 Å². The first-order valence-electron chi connectivity index (χ1n) is 8.86. The minimum Gasteiger partial charge on any atom is -0.465 e. The molecule has 1 atom stereocenters. The van der Waals surface area contributed by atoms with E-state index in [-0.39, 0.29) is 28.5 Å². The molecule has 146 valence electrons. The summed E-state index contributed by atoms with van der Waals surface area (Å²) < 4.78 is 19.3. The Morgan fingerprint density at radius 2 is 1.96 bits per heavy atom. The molecular weight excluding hydrogens is 377 g/mol. The molecule has 1 rings (SSSR count). The first kappa shape index (κ1) is 22.8. The fraction of sp³-hybridized carbons (Fsp3) is 0.579. The van der Waals surface area contributed by atoms with Gasteiger partial charge in [0.15, 0.2) is 0 Å². The molecule has 0 fully saturated rings. The highest BCUT2D eigenvalue weighted by molar-refractivity contribution is 8.00. The quantitative estimate of drug-likeness (QED) is 0.310. The second-order valence-electron chi connectivity index (χ2n) is 6.55. The van der Waals surface area contributed by atoms with Crippen LogP contribution in [0.25, 0.3) is 0 Å². The summed E-state index contributed by atoms with van der Waals surface area (Å²) in [6, 6.07) is 2.62. The van der Waals surface area contributed by atoms with Crippen molar-refractivity contribution in [1.82, 2.24) is 0 Å². The summed E-state index contributed by atoms with van der Waals surface area (Å²) in [5.41, 5.74) is 0.0705. The Morgan fingerprint density at radius 1 is 1.27 bits per heavy atom. The second-order valence-corrected chi connectivity index (χ2v) is 8.34. The van der Waals surface area contributed by atoms with Gasteiger partial charge in [-0.1, -0.05) is 45.2 Å². The normalized spacial score (nSPS) is 12.1. The summed E-state index contributed by atoms with van der Waals surface area (Å²) in [6.07, 6.45) is 3.07. The van der Waals surface area contributed by atoms with Gasteiger partial charge in [0, 0.05) is 11.3 Å². The van der Waals surface area contributed by atoms with Crippen molar-refractivity contribution < 1.29 is 18.7 Å². The largest absolute Gasteiger partial charge is 0.465 e. The smallest absolute Gasteiger partial charge is 0.319 e. The number of nitrogens with one attached hydrogen (secondary N) is 1. The van der Waals surface area contributed by atoms with Crippen LogP contribution in [-0.2, 0) is 14.3 Å². The number of hydrogen-bond donors (Lipinski definition) is 1. The number of hydrogen-bond acceptors (Lipinski definition) is 4. The van der Waals surface area contributed by atoms with Crippen LogP contribution in [0.15, 0.2) is 17.0 Å². The predicted octanol–water partition coefficient (Wildman–Crippen LogP) is 5.68. The molecule has 1 N–H and O–H groups in total. The lowest BCUT2D eigenvalue weighted by Crippen LogP contribution is -2.19. The fourth-order valence-electron chi connectivity index (χ4n) is 2.07. The van der Waals surface area contributed by atoms with Gasteiger partial charge in [-0.05, 0) is 31.4 Å². The number of rotatable bonds is 10. The number of thioether (sulfide) groups is 1. The summed E-state index contributed by atoms with van der Waals surface area (Å²) in [6.45, 7) is 8.01. The predicted molar refractivity (Wildman–Crippen MR) is 105 cm³/mol. The Kier molecular flexibility index (Phi) is 10.0. The van der Waals surface area contributed by atoms with Gasteiger partial charge in [0.1, 0.15) is 11.1 Å². The molecule has 0 bridgehead atoms. The highest BCUT2D eigenvalue weighted by Crippen LogP contribution is 2.34. The molecule has 0 saturated heterocycles. The standard InChI is InChI=1S/C19H27ClFNO3S/c1-5-6-7-8-18(23)22-16-10-17(14(20)9-15(16)21)26-13(4)19(24)25-11-12(2)3/h9-10,12-13H,5-8,11H2,1-4H3,(H,22,23). The van der Waals surface area contributed by atoms with Gasteiger partial charge in [-0.15, -0.1) is 11.8 Å². The van der Waals surface area contributed by atoms with E-state index in [9.17, 15) is 14.0 Å². The van der Waals surface area contributed by atoms with Crippen LogP contribution in [0, 0.1) is 11.7 Å². The van der Waals surface area contributed by atoms with E-state index in [1.807, 2.05) is 20.8 Å². The van der Waals surface area contributed by atoms with E-state index in [1.54, 1.807) is 6.92 Å². The van der Waals surface area contributed by atoms with Gasteiger partial charge >= 0.3 is 5.97 Å². The van der Waals surface area contributed by atoms with Gasteiger partial charge in [-0.25, -0.2) is 4.39 Å². The lowest BCUT2D eigenvalue weighted by molar-refractivity contribution is -0.143. The SMILES string of the molecule is CCCCCC(=O)Nc1cc(SC(C)C(=O)OCC(C)C)c(Cl)cc1F. The first-order chi connectivity index (χ1) is 12.2. The van der Waals surface area contributed by atoms with Crippen molar-refractivity contribution >= 4 is 40.9 Å². The van der Waals surface area contributed by atoms with E-state index in [2.05, 4.69) is 5.32 Å². The zero-order valence-electron chi connectivity index (χ0n) is 15.7. The molecule has 0 radical (unpaired) electrons. The van der Waals surface area contributed by atoms with Gasteiger partial charge in [0.2, 0.25) is 5.91 Å². The summed E-state index contributed by atoms with van der Waals surface area (Å²) >= 11 is 7.27. The van der Waals surface area contributed by atoms with Crippen molar-refractivity contribution in [2.45, 2.75) is 63.5 Å². The Balaban J connectivity index is 2.77. The fourth-order valence-corrected chi connectivity index (χ4v) is 3.25. The average Bonchev–Trinajstić information content (AvgIpc) is 2.57. The van der Waals surface area contributed by atoms with Crippen LogP contribution in [-0.4, -0.2) is 23.7 Å². The van der Waals surface area contributed by atoms with Gasteiger partial charge in [0.05, 0.1) is 17.3 Å². The van der Waals surface area contributed by atoms with Crippen molar-refractivity contribution in [3.8, 4) is 0 Å². The van der Waals surface area contributed by atoms with Crippen molar-refractivity contribution in [2.24, 2.45) is 5.92 Å². The van der Waals surface area contributed by atoms with Gasteiger partial charge in [0.25, 0.3) is 0 Å². The molecule has 0 aliphatic heterocycles. The third-order valence-electron chi connectivity index (χ3n) is 3.50. The van der Waals surface area contributed by atoms with Crippen molar-refractivity contribution in [3.63, 3.8) is 0 Å². The zero-order valence-corrected chi connectivity index (χ0v) is 17.3. The summed E-state index contributed by atoms with van der Waals surface area (Å²) in [4.78, 5) is 24.5. The maximum Gasteiger partial charge on any atom is 0.319 e. The number of amides is 1. The number of unbranched alkanes of at least 4 members (excludes halogenated alkanes) is 2. The highest BCUT2D eigenvalue weighted by Gasteiger charge is 2.20. The molecule has 4 nitrogen and oxygen atoms in total. The zero-order chi connectivity index (χ0) is 19.7. The van der Waals surface area contributed by atoms with Crippen molar-refractivity contribution in [2.75, 3.05) is 11.9 Å². The number of carbonyl (C=O) groups is 2. The maximum atomic E-state index is 14.1. The van der Waals surface area contributed by atoms with Crippen LogP contribution in [0.4, 0.5) is 10.1 Å². The summed E-state index contributed by atoms with van der Waals surface area (Å²) in [7, 11) is 0. The monoisotopic (exact) mass is 403 g/mol. The number of anilines is 1. The van der Waals surface area contributed by atoms with Crippen LogP contribution in [0.2, 0.25) is 5.02 Å². The molecule has 0 heterocycles. The third kappa shape index (κ3) is 7.96. The molecule has 26 heavy (non-hydrogen) atoms. The van der Waals surface area contributed by atoms with Gasteiger partial charge < -0.3 is 10.1 Å². The molecular formula is C19H27ClFNO3S. The van der Waals surface area contributed by atoms with Crippen LogP contribution in [0.1, 0.15) is 53.4 Å². The van der Waals surface area contributed by atoms with Gasteiger partial charge in [-0.2, -0.15) is 0 Å². The van der Waals surface area contributed by atoms with E-state index in [0.717, 1.165) is 25.3 Å². The van der Waals surface area contributed by atoms with Crippen LogP contribution >= 0.6 is 23.4 Å². The Morgan fingerprint density at radius 3 is 2.58 bits per heavy atom. The second kappa shape index (κ2) is 11.4. The van der Waals surface area contributed by atoms with E-state index >= 15 is 0 Å². The summed E-state index contributed by atoms with van der Waals surface area (Å²) in [5, 5.41) is 2.28. The lowest BCUT2D eigenvalue weighted by Gasteiger charge is -2.15. The molecule has 0 spiro atoms. The molecule has 0 aromatic heterocycles. The first-order valence-corrected chi connectivity index (χ1v) is 10.1. The lowest BCUT2D eigenvalue weighted by atomic mass is 10.2. The molecule has 1 aromatic rings. The molecule has 1 unspecified atom stereocenters. The van der Waals surface area contributed by atoms with E-state index in [0.29, 0.717) is 17.9 Å². The highest BCUT2D eigenvalue weighted by atomic mass is 35.5. The van der Waals surface area contributed by atoms with Crippen molar-refractivity contribution in [1.29, 1.82) is 0 Å². The average molecular weight is 404 g/mol. The Labute approximate surface area is 164 Å². The van der Waals surface area contributed by atoms with E-state index < -0.39 is 11.1 Å². The van der Waals surface area contributed by atoms with Crippen LogP contribution in [0.5, 0.6) is 0 Å².